The lowest BCUT2D eigenvalue weighted by Gasteiger charge is -2.09. The highest BCUT2D eigenvalue weighted by Crippen LogP contribution is 2.30. The molecule has 0 aliphatic rings. The molecule has 0 amide bonds. The summed E-state index contributed by atoms with van der Waals surface area (Å²) in [6.07, 6.45) is 0. The monoisotopic (exact) mass is 344 g/mol. The maximum absolute atomic E-state index is 12.9. The van der Waals surface area contributed by atoms with Crippen molar-refractivity contribution in [3.63, 3.8) is 0 Å². The Morgan fingerprint density at radius 1 is 1.08 bits per heavy atom. The zero-order valence-electron chi connectivity index (χ0n) is 13.7. The number of hydrogen-bond donors (Lipinski definition) is 0. The van der Waals surface area contributed by atoms with E-state index >= 15 is 0 Å². The van der Waals surface area contributed by atoms with Crippen LogP contribution in [0, 0.1) is 21.4 Å². The SMILES string of the molecule is Cn1c2ccccc2c2c1cc(C#N)c(=O)n2-c1cccc([N+](=O)[O-])c1. The standard InChI is InChI=1S/C19H12N4O3/c1-21-16-8-3-2-7-15(16)18-17(21)9-12(11-20)19(24)22(18)13-5-4-6-14(10-13)23(25)26/h2-10H,1H3. The first-order valence-electron chi connectivity index (χ1n) is 7.81. The van der Waals surface area contributed by atoms with Gasteiger partial charge in [-0.1, -0.05) is 24.3 Å². The summed E-state index contributed by atoms with van der Waals surface area (Å²) in [6, 6.07) is 16.9. The number of para-hydroxylation sites is 1. The van der Waals surface area contributed by atoms with Crippen LogP contribution in [0.4, 0.5) is 5.69 Å². The van der Waals surface area contributed by atoms with Gasteiger partial charge in [-0.05, 0) is 18.2 Å². The third kappa shape index (κ3) is 2.09. The molecule has 126 valence electrons. The molecule has 2 aromatic heterocycles. The van der Waals surface area contributed by atoms with Gasteiger partial charge in [-0.2, -0.15) is 5.26 Å². The van der Waals surface area contributed by atoms with E-state index in [9.17, 15) is 20.2 Å². The van der Waals surface area contributed by atoms with Gasteiger partial charge in [-0.15, -0.1) is 0 Å². The van der Waals surface area contributed by atoms with Gasteiger partial charge in [0.2, 0.25) is 0 Å². The van der Waals surface area contributed by atoms with Crippen LogP contribution >= 0.6 is 0 Å². The number of hydrogen-bond acceptors (Lipinski definition) is 4. The first-order chi connectivity index (χ1) is 12.5. The first kappa shape index (κ1) is 15.6. The van der Waals surface area contributed by atoms with Gasteiger partial charge in [0.1, 0.15) is 11.6 Å². The lowest BCUT2D eigenvalue weighted by Crippen LogP contribution is -2.21. The van der Waals surface area contributed by atoms with E-state index in [0.29, 0.717) is 16.7 Å². The second-order valence-electron chi connectivity index (χ2n) is 5.90. The van der Waals surface area contributed by atoms with Crippen molar-refractivity contribution in [3.05, 3.63) is 80.6 Å². The number of nitro groups is 1. The Morgan fingerprint density at radius 2 is 1.85 bits per heavy atom. The van der Waals surface area contributed by atoms with Crippen LogP contribution in [0.2, 0.25) is 0 Å². The number of non-ortho nitro benzene ring substituents is 1. The number of fused-ring (bicyclic) bond motifs is 3. The van der Waals surface area contributed by atoms with Gasteiger partial charge in [0.25, 0.3) is 11.2 Å². The Balaban J connectivity index is 2.25. The van der Waals surface area contributed by atoms with E-state index in [2.05, 4.69) is 0 Å². The van der Waals surface area contributed by atoms with E-state index < -0.39 is 10.5 Å². The Hall–Kier alpha value is -3.92. The molecule has 0 bridgehead atoms. The van der Waals surface area contributed by atoms with E-state index in [1.165, 1.54) is 22.8 Å². The summed E-state index contributed by atoms with van der Waals surface area (Å²) in [6.45, 7) is 0. The molecule has 0 N–H and O–H groups in total. The van der Waals surface area contributed by atoms with Crippen molar-refractivity contribution in [1.82, 2.24) is 9.13 Å². The molecule has 0 spiro atoms. The van der Waals surface area contributed by atoms with Gasteiger partial charge in [-0.3, -0.25) is 19.5 Å². The Labute approximate surface area is 147 Å². The fourth-order valence-corrected chi connectivity index (χ4v) is 3.29. The van der Waals surface area contributed by atoms with Gasteiger partial charge in [0.15, 0.2) is 0 Å². The van der Waals surface area contributed by atoms with E-state index in [1.54, 1.807) is 12.1 Å². The number of rotatable bonds is 2. The molecule has 4 rings (SSSR count). The van der Waals surface area contributed by atoms with Crippen LogP contribution in [0.5, 0.6) is 0 Å². The molecule has 0 fully saturated rings. The molecule has 0 saturated carbocycles. The third-order valence-corrected chi connectivity index (χ3v) is 4.48. The van der Waals surface area contributed by atoms with Crippen molar-refractivity contribution in [2.45, 2.75) is 0 Å². The smallest absolute Gasteiger partial charge is 0.273 e. The molecule has 7 heteroatoms. The number of aromatic nitrogens is 2. The van der Waals surface area contributed by atoms with Crippen LogP contribution in [0.1, 0.15) is 5.56 Å². The minimum Gasteiger partial charge on any atom is -0.342 e. The highest BCUT2D eigenvalue weighted by atomic mass is 16.6. The number of benzene rings is 2. The Kier molecular flexibility index (Phi) is 3.34. The highest BCUT2D eigenvalue weighted by molar-refractivity contribution is 6.06. The average molecular weight is 344 g/mol. The fourth-order valence-electron chi connectivity index (χ4n) is 3.29. The number of nitrogens with zero attached hydrogens (tertiary/aromatic N) is 4. The second-order valence-corrected chi connectivity index (χ2v) is 5.90. The molecule has 0 atom stereocenters. The molecule has 0 aliphatic heterocycles. The molecular weight excluding hydrogens is 332 g/mol. The fraction of sp³-hybridized carbons (Fsp3) is 0.0526. The van der Waals surface area contributed by atoms with Crippen molar-refractivity contribution in [3.8, 4) is 11.8 Å². The molecule has 26 heavy (non-hydrogen) atoms. The maximum Gasteiger partial charge on any atom is 0.273 e. The summed E-state index contributed by atoms with van der Waals surface area (Å²) < 4.78 is 3.28. The van der Waals surface area contributed by atoms with E-state index in [1.807, 2.05) is 41.9 Å². The van der Waals surface area contributed by atoms with Crippen LogP contribution in [-0.4, -0.2) is 14.1 Å². The average Bonchev–Trinajstić information content (AvgIpc) is 2.94. The van der Waals surface area contributed by atoms with Crippen LogP contribution < -0.4 is 5.56 Å². The quantitative estimate of drug-likeness (QED) is 0.412. The zero-order valence-corrected chi connectivity index (χ0v) is 13.7. The second kappa shape index (κ2) is 5.57. The lowest BCUT2D eigenvalue weighted by atomic mass is 10.2. The Morgan fingerprint density at radius 3 is 2.58 bits per heavy atom. The van der Waals surface area contributed by atoms with E-state index in [4.69, 9.17) is 0 Å². The molecule has 4 aromatic rings. The molecule has 0 unspecified atom stereocenters. The predicted molar refractivity (Wildman–Crippen MR) is 97.4 cm³/mol. The highest BCUT2D eigenvalue weighted by Gasteiger charge is 2.18. The van der Waals surface area contributed by atoms with E-state index in [-0.39, 0.29) is 11.3 Å². The topological polar surface area (TPSA) is 93.9 Å². The minimum absolute atomic E-state index is 0.0186. The summed E-state index contributed by atoms with van der Waals surface area (Å²) >= 11 is 0. The lowest BCUT2D eigenvalue weighted by molar-refractivity contribution is -0.384. The minimum atomic E-state index is -0.511. The van der Waals surface area contributed by atoms with Crippen LogP contribution in [0.25, 0.3) is 27.6 Å². The van der Waals surface area contributed by atoms with Crippen LogP contribution in [0.15, 0.2) is 59.4 Å². The van der Waals surface area contributed by atoms with Crippen molar-refractivity contribution < 1.29 is 4.92 Å². The summed E-state index contributed by atoms with van der Waals surface area (Å²) in [5.74, 6) is 0. The van der Waals surface area contributed by atoms with Crippen molar-refractivity contribution in [2.75, 3.05) is 0 Å². The van der Waals surface area contributed by atoms with Crippen molar-refractivity contribution in [2.24, 2.45) is 7.05 Å². The first-order valence-corrected chi connectivity index (χ1v) is 7.81. The number of pyridine rings is 1. The van der Waals surface area contributed by atoms with E-state index in [0.717, 1.165) is 10.9 Å². The van der Waals surface area contributed by atoms with Gasteiger partial charge < -0.3 is 4.57 Å². The van der Waals surface area contributed by atoms with Gasteiger partial charge in [-0.25, -0.2) is 0 Å². The van der Waals surface area contributed by atoms with Crippen molar-refractivity contribution in [1.29, 1.82) is 5.26 Å². The maximum atomic E-state index is 12.9. The molecule has 0 saturated heterocycles. The number of nitro benzene ring substituents is 1. The predicted octanol–water partition coefficient (Wildman–Crippen LogP) is 3.26. The third-order valence-electron chi connectivity index (χ3n) is 4.48. The molecule has 2 aromatic carbocycles. The van der Waals surface area contributed by atoms with Crippen LogP contribution in [-0.2, 0) is 7.05 Å². The van der Waals surface area contributed by atoms with Crippen molar-refractivity contribution >= 4 is 27.6 Å². The molecule has 0 aliphatic carbocycles. The van der Waals surface area contributed by atoms with Gasteiger partial charge in [0, 0.05) is 24.6 Å². The summed E-state index contributed by atoms with van der Waals surface area (Å²) in [5, 5.41) is 21.3. The van der Waals surface area contributed by atoms with Gasteiger partial charge in [0.05, 0.1) is 27.2 Å². The Bertz CT molecular complexity index is 1310. The molecule has 7 nitrogen and oxygen atoms in total. The number of nitriles is 1. The summed E-state index contributed by atoms with van der Waals surface area (Å²) in [5.41, 5.74) is 1.93. The molecule has 2 heterocycles. The van der Waals surface area contributed by atoms with Gasteiger partial charge >= 0.3 is 0 Å². The normalized spacial score (nSPS) is 10.9. The molecule has 0 radical (unpaired) electrons. The largest absolute Gasteiger partial charge is 0.342 e. The summed E-state index contributed by atoms with van der Waals surface area (Å²) in [4.78, 5) is 23.5. The molecular formula is C19H12N4O3. The van der Waals surface area contributed by atoms with Crippen LogP contribution in [0.3, 0.4) is 0 Å². The zero-order chi connectivity index (χ0) is 18.4. The number of aryl methyl sites for hydroxylation is 1. The summed E-state index contributed by atoms with van der Waals surface area (Å²) in [7, 11) is 1.86.